The highest BCUT2D eigenvalue weighted by Crippen LogP contribution is 2.57. The monoisotopic (exact) mass is 1160 g/mol. The van der Waals surface area contributed by atoms with Gasteiger partial charge in [0.2, 0.25) is 5.91 Å². The molecule has 15 heteroatoms. The first-order chi connectivity index (χ1) is 38.2. The molecule has 3 aromatic rings. The number of unbranched alkanes of at least 4 members (excludes halogenated alkanes) is 2. The van der Waals surface area contributed by atoms with Crippen molar-refractivity contribution in [3.8, 4) is 0 Å². The minimum atomic E-state index is -2.25. The third-order valence-corrected chi connectivity index (χ3v) is 23.3. The molecule has 3 heterocycles. The van der Waals surface area contributed by atoms with E-state index in [2.05, 4.69) is 96.1 Å². The van der Waals surface area contributed by atoms with E-state index < -0.39 is 109 Å². The highest BCUT2D eigenvalue weighted by Gasteiger charge is 2.56. The van der Waals surface area contributed by atoms with Gasteiger partial charge in [0.05, 0.1) is 53.7 Å². The second-order valence-electron chi connectivity index (χ2n) is 26.7. The molecule has 0 spiro atoms. The van der Waals surface area contributed by atoms with Crippen LogP contribution in [-0.4, -0.2) is 165 Å². The van der Waals surface area contributed by atoms with Crippen molar-refractivity contribution in [2.45, 2.75) is 246 Å². The molecule has 3 aliphatic heterocycles. The van der Waals surface area contributed by atoms with Gasteiger partial charge in [0, 0.05) is 38.5 Å². The van der Waals surface area contributed by atoms with Crippen molar-refractivity contribution in [3.05, 3.63) is 88.0 Å². The molecule has 0 radical (unpaired) electrons. The van der Waals surface area contributed by atoms with Crippen LogP contribution in [0, 0.1) is 65.2 Å². The molecule has 3 aliphatic rings. The molecule has 0 aliphatic carbocycles. The predicted molar refractivity (Wildman–Crippen MR) is 329 cm³/mol. The Bertz CT molecular complexity index is 2440. The van der Waals surface area contributed by atoms with E-state index in [1.165, 1.54) is 63.3 Å². The van der Waals surface area contributed by atoms with Crippen LogP contribution in [-0.2, 0) is 33.3 Å². The van der Waals surface area contributed by atoms with Crippen molar-refractivity contribution < 1.29 is 58.8 Å². The van der Waals surface area contributed by atoms with Gasteiger partial charge in [0.1, 0.15) is 53.2 Å². The second-order valence-corrected chi connectivity index (χ2v) is 30.4. The van der Waals surface area contributed by atoms with Crippen LogP contribution in [0.15, 0.2) is 54.6 Å². The van der Waals surface area contributed by atoms with Gasteiger partial charge >= 0.3 is 5.97 Å². The van der Waals surface area contributed by atoms with Gasteiger partial charge in [-0.2, -0.15) is 0 Å². The van der Waals surface area contributed by atoms with E-state index >= 15 is 4.79 Å². The summed E-state index contributed by atoms with van der Waals surface area (Å²) in [5.41, 5.74) is 2.55. The summed E-state index contributed by atoms with van der Waals surface area (Å²) in [7, 11) is 3.08. The lowest BCUT2D eigenvalue weighted by Crippen LogP contribution is -2.61. The maximum atomic E-state index is 15.1. The standard InChI is InChI=1S/C67H106N2O12P/c1-20-56-67(16,76)60(72)49(12)69(57(70)24-22-21-23-25-82(51-29-39(2)26-40(3)30-51,52-31-41(4)27-42(5)32-52)53-33-43(6)28-44(7)34-53)38-45(8)36-65(14,75)62(81-64-59(71)54(68(17)18)35-46(9)78-64)47(10)58(48(11)63(74)80-56)55-37-66(15,77-19)61(73)50(13)79-55/h26-34,45-50,54-56,58-62,64,71-73,75-76H,20-25,35-38H2,1-19H3/q+1/t45-,46-,47+,48-,49-,50+,54+,55?,56-,58+,59-,60-,61+,62-,64+,65-,66-,67-/m1/s1. The quantitative estimate of drug-likeness (QED) is 0.0555. The third-order valence-electron chi connectivity index (χ3n) is 18.9. The largest absolute Gasteiger partial charge is 0.459 e. The van der Waals surface area contributed by atoms with Crippen LogP contribution >= 0.6 is 7.26 Å². The summed E-state index contributed by atoms with van der Waals surface area (Å²) in [5.74, 6) is -3.75. The van der Waals surface area contributed by atoms with Gasteiger partial charge in [0.25, 0.3) is 0 Å². The average molecular weight is 1160 g/mol. The summed E-state index contributed by atoms with van der Waals surface area (Å²) in [6.45, 7) is 30.9. The first-order valence-electron chi connectivity index (χ1n) is 30.5. The summed E-state index contributed by atoms with van der Waals surface area (Å²) in [5, 5.41) is 65.6. The molecule has 1 unspecified atom stereocenters. The minimum absolute atomic E-state index is 0.0844. The lowest BCUT2D eigenvalue weighted by Gasteiger charge is -2.51. The van der Waals surface area contributed by atoms with Crippen LogP contribution in [0.3, 0.4) is 0 Å². The van der Waals surface area contributed by atoms with Crippen molar-refractivity contribution in [3.63, 3.8) is 0 Å². The Hall–Kier alpha value is -3.37. The highest BCUT2D eigenvalue weighted by atomic mass is 31.2. The second kappa shape index (κ2) is 27.6. The Balaban J connectivity index is 1.37. The van der Waals surface area contributed by atoms with Crippen LogP contribution in [0.2, 0.25) is 0 Å². The number of carbonyl (C=O) groups is 2. The number of carbonyl (C=O) groups excluding carboxylic acids is 2. The molecule has 0 saturated carbocycles. The molecule has 82 heavy (non-hydrogen) atoms. The molecule has 3 fully saturated rings. The van der Waals surface area contributed by atoms with Crippen LogP contribution in [0.25, 0.3) is 0 Å². The van der Waals surface area contributed by atoms with Crippen molar-refractivity contribution >= 4 is 35.1 Å². The Morgan fingerprint density at radius 3 is 1.73 bits per heavy atom. The van der Waals surface area contributed by atoms with Gasteiger partial charge in [-0.3, -0.25) is 9.59 Å². The Labute approximate surface area is 493 Å². The normalized spacial score (nSPS) is 35.7. The first kappa shape index (κ1) is 67.8. The number of cyclic esters (lactones) is 1. The van der Waals surface area contributed by atoms with Crippen molar-refractivity contribution in [1.82, 2.24) is 9.80 Å². The SMILES string of the molecule is CC[C@H]1OC(=O)[C@H](C)[C@@H](C2C[C@@](C)(OC)[C@@H](O)[C@H](C)O2)[C@H](C)[C@@H](O[C@@H]2O[C@H](C)C[C@H](N(C)C)[C@H]2O)[C@](C)(O)C[C@@H](C)CN(C(=O)CCCCC[P+](c2cc(C)cc(C)c2)(c2cc(C)cc(C)c2)c2cc(C)cc(C)c2)[C@H](C)[C@@H](O)[C@]1(C)O. The fourth-order valence-corrected chi connectivity index (χ4v) is 19.6. The Kier molecular flexibility index (Phi) is 22.8. The van der Waals surface area contributed by atoms with E-state index in [4.69, 9.17) is 23.7 Å². The number of hydrogen-bond donors (Lipinski definition) is 5. The van der Waals surface area contributed by atoms with Gasteiger partial charge in [-0.15, -0.1) is 0 Å². The maximum Gasteiger partial charge on any atom is 0.309 e. The molecule has 18 atom stereocenters. The molecule has 0 aromatic heterocycles. The fourth-order valence-electron chi connectivity index (χ4n) is 14.7. The van der Waals surface area contributed by atoms with Gasteiger partial charge in [0.15, 0.2) is 6.29 Å². The number of rotatable bonds is 15. The number of amides is 1. The van der Waals surface area contributed by atoms with Crippen LogP contribution in [0.1, 0.15) is 154 Å². The Morgan fingerprint density at radius 2 is 1.26 bits per heavy atom. The summed E-state index contributed by atoms with van der Waals surface area (Å²) in [4.78, 5) is 33.6. The molecular formula is C67H106N2O12P+. The molecule has 460 valence electrons. The number of esters is 1. The Morgan fingerprint density at radius 1 is 0.744 bits per heavy atom. The van der Waals surface area contributed by atoms with Gasteiger partial charge in [-0.1, -0.05) is 45.9 Å². The number of hydrogen-bond acceptors (Lipinski definition) is 13. The van der Waals surface area contributed by atoms with Gasteiger partial charge in [-0.25, -0.2) is 0 Å². The highest BCUT2D eigenvalue weighted by molar-refractivity contribution is 7.95. The van der Waals surface area contributed by atoms with Crippen LogP contribution in [0.4, 0.5) is 0 Å². The minimum Gasteiger partial charge on any atom is -0.459 e. The van der Waals surface area contributed by atoms with Gasteiger partial charge in [-0.05, 0) is 217 Å². The predicted octanol–water partition coefficient (Wildman–Crippen LogP) is 8.48. The number of aliphatic hydroxyl groups excluding tert-OH is 3. The lowest BCUT2D eigenvalue weighted by molar-refractivity contribution is -0.302. The number of aliphatic hydroxyl groups is 5. The zero-order valence-electron chi connectivity index (χ0n) is 53.4. The van der Waals surface area contributed by atoms with E-state index in [1.807, 2.05) is 46.7 Å². The summed E-state index contributed by atoms with van der Waals surface area (Å²) in [6.07, 6.45) is -4.69. The topological polar surface area (TPSA) is 188 Å². The van der Waals surface area contributed by atoms with E-state index in [0.29, 0.717) is 12.8 Å². The number of benzene rings is 3. The number of ether oxygens (including phenoxy) is 5. The van der Waals surface area contributed by atoms with E-state index in [9.17, 15) is 30.3 Å². The number of aryl methyl sites for hydroxylation is 6. The number of methoxy groups -OCH3 is 1. The third kappa shape index (κ3) is 15.1. The smallest absolute Gasteiger partial charge is 0.309 e. The zero-order chi connectivity index (χ0) is 61.1. The van der Waals surface area contributed by atoms with E-state index in [0.717, 1.165) is 19.0 Å². The van der Waals surface area contributed by atoms with E-state index in [1.54, 1.807) is 39.5 Å². The first-order valence-corrected chi connectivity index (χ1v) is 32.5. The molecule has 0 bridgehead atoms. The number of likely N-dealkylation sites (N-methyl/N-ethyl adjacent to an activating group) is 1. The molecule has 1 amide bonds. The molecule has 3 saturated heterocycles. The maximum absolute atomic E-state index is 15.1. The average Bonchev–Trinajstić information content (AvgIpc) is 3.60. The summed E-state index contributed by atoms with van der Waals surface area (Å²) >= 11 is 0. The van der Waals surface area contributed by atoms with Crippen molar-refractivity contribution in [2.75, 3.05) is 33.9 Å². The van der Waals surface area contributed by atoms with Crippen molar-refractivity contribution in [2.24, 2.45) is 23.7 Å². The molecular weight excluding hydrogens is 1060 g/mol. The lowest BCUT2D eigenvalue weighted by atomic mass is 9.68. The van der Waals surface area contributed by atoms with E-state index in [-0.39, 0.29) is 50.3 Å². The van der Waals surface area contributed by atoms with Crippen molar-refractivity contribution in [1.29, 1.82) is 0 Å². The van der Waals surface area contributed by atoms with Gasteiger partial charge < -0.3 is 59.0 Å². The molecule has 14 nitrogen and oxygen atoms in total. The van der Waals surface area contributed by atoms with Crippen LogP contribution < -0.4 is 15.9 Å². The fraction of sp³-hybridized carbons (Fsp3) is 0.701. The summed E-state index contributed by atoms with van der Waals surface area (Å²) in [6, 6.07) is 19.7. The zero-order valence-corrected chi connectivity index (χ0v) is 54.3. The molecule has 5 N–H and O–H groups in total. The molecule has 6 rings (SSSR count). The summed E-state index contributed by atoms with van der Waals surface area (Å²) < 4.78 is 32.4. The number of nitrogens with zero attached hydrogens (tertiary/aromatic N) is 2. The molecule has 3 aromatic carbocycles. The van der Waals surface area contributed by atoms with Crippen LogP contribution in [0.5, 0.6) is 0 Å².